The summed E-state index contributed by atoms with van der Waals surface area (Å²) in [5, 5.41) is 40.4. The summed E-state index contributed by atoms with van der Waals surface area (Å²) in [5.74, 6) is -0.398. The van der Waals surface area contributed by atoms with E-state index in [9.17, 15) is 34.8 Å². The zero-order valence-corrected chi connectivity index (χ0v) is 19.4. The van der Waals surface area contributed by atoms with Gasteiger partial charge in [0.2, 0.25) is 5.88 Å². The SMILES string of the molecule is O=c1c2c(=NCCO)cc3c(=O)n(CCO)c(=O)c4c(N5CCOCC5)cc(c(O)n1CCO)c2c4-3. The molecule has 5 rings (SSSR count). The normalized spacial score (nSPS) is 15.2. The van der Waals surface area contributed by atoms with Crippen LogP contribution in [0.1, 0.15) is 0 Å². The van der Waals surface area contributed by atoms with Gasteiger partial charge in [-0.05, 0) is 12.1 Å². The minimum absolute atomic E-state index is 0.0392. The Kier molecular flexibility index (Phi) is 6.35. The van der Waals surface area contributed by atoms with E-state index in [0.717, 1.165) is 9.13 Å². The highest BCUT2D eigenvalue weighted by Gasteiger charge is 2.30. The molecule has 3 heterocycles. The summed E-state index contributed by atoms with van der Waals surface area (Å²) in [7, 11) is 0. The molecule has 1 saturated heterocycles. The highest BCUT2D eigenvalue weighted by molar-refractivity contribution is 6.19. The fourth-order valence-electron chi connectivity index (χ4n) is 5.09. The first-order valence-corrected chi connectivity index (χ1v) is 11.7. The smallest absolute Gasteiger partial charge is 0.263 e. The molecule has 1 aromatic heterocycles. The van der Waals surface area contributed by atoms with Crippen molar-refractivity contribution in [3.05, 3.63) is 48.6 Å². The van der Waals surface area contributed by atoms with Crippen molar-refractivity contribution in [1.82, 2.24) is 9.13 Å². The first-order valence-electron chi connectivity index (χ1n) is 11.7. The highest BCUT2D eigenvalue weighted by atomic mass is 16.5. The molecule has 12 nitrogen and oxygen atoms in total. The summed E-state index contributed by atoms with van der Waals surface area (Å²) in [6.07, 6.45) is 0. The molecule has 2 aromatic rings. The van der Waals surface area contributed by atoms with Crippen LogP contribution < -0.4 is 26.9 Å². The average molecular weight is 498 g/mol. The number of morpholine rings is 1. The molecule has 0 unspecified atom stereocenters. The second kappa shape index (κ2) is 9.47. The molecule has 1 aliphatic carbocycles. The lowest BCUT2D eigenvalue weighted by Crippen LogP contribution is -2.40. The van der Waals surface area contributed by atoms with E-state index in [1.54, 1.807) is 6.07 Å². The largest absolute Gasteiger partial charge is 0.494 e. The van der Waals surface area contributed by atoms with Gasteiger partial charge in [-0.1, -0.05) is 0 Å². The molecule has 12 heteroatoms. The molecule has 0 spiro atoms. The number of aliphatic hydroxyl groups excluding tert-OH is 3. The first-order chi connectivity index (χ1) is 17.4. The minimum atomic E-state index is -0.650. The van der Waals surface area contributed by atoms with Crippen molar-refractivity contribution >= 4 is 27.2 Å². The molecule has 0 saturated carbocycles. The maximum absolute atomic E-state index is 13.7. The van der Waals surface area contributed by atoms with Gasteiger partial charge in [-0.2, -0.15) is 0 Å². The molecule has 1 aromatic carbocycles. The Bertz CT molecular complexity index is 1640. The number of aromatic hydroxyl groups is 1. The molecule has 0 bridgehead atoms. The summed E-state index contributed by atoms with van der Waals surface area (Å²) in [6.45, 7) is 0.207. The zero-order valence-electron chi connectivity index (χ0n) is 19.4. The van der Waals surface area contributed by atoms with E-state index < -0.39 is 35.8 Å². The van der Waals surface area contributed by atoms with Crippen LogP contribution in [0.25, 0.3) is 32.7 Å². The number of pyridine rings is 2. The number of hydrogen-bond acceptors (Lipinski definition) is 10. The standard InChI is InChI=1S/C24H26N4O8/c29-6-1-25-15-11-13-18-17-14(22(33)27(2-7-30)23(34)19(15)17)12-16(26-4-9-36-10-5-26)20(18)24(35)28(3-8-31)21(13)32/h11-12,29-31,33H,1-10H2. The molecule has 1 fully saturated rings. The lowest BCUT2D eigenvalue weighted by Gasteiger charge is -2.31. The summed E-state index contributed by atoms with van der Waals surface area (Å²) < 4.78 is 7.45. The minimum Gasteiger partial charge on any atom is -0.494 e. The fraction of sp³-hybridized carbons (Fsp3) is 0.417. The Morgan fingerprint density at radius 1 is 0.833 bits per heavy atom. The number of rotatable bonds is 7. The Labute approximate surface area is 203 Å². The summed E-state index contributed by atoms with van der Waals surface area (Å²) in [5.41, 5.74) is -1.08. The van der Waals surface area contributed by atoms with Crippen LogP contribution in [0.5, 0.6) is 5.88 Å². The first kappa shape index (κ1) is 24.1. The lowest BCUT2D eigenvalue weighted by atomic mass is 9.89. The van der Waals surface area contributed by atoms with Gasteiger partial charge >= 0.3 is 0 Å². The predicted octanol–water partition coefficient (Wildman–Crippen LogP) is -1.92. The van der Waals surface area contributed by atoms with Crippen LogP contribution in [0.4, 0.5) is 5.69 Å². The molecule has 4 N–H and O–H groups in total. The molecule has 0 atom stereocenters. The maximum Gasteiger partial charge on any atom is 0.263 e. The molecule has 3 aliphatic rings. The third-order valence-electron chi connectivity index (χ3n) is 6.63. The molecule has 36 heavy (non-hydrogen) atoms. The monoisotopic (exact) mass is 498 g/mol. The second-order valence-corrected chi connectivity index (χ2v) is 8.58. The topological polar surface area (TPSA) is 167 Å². The van der Waals surface area contributed by atoms with Crippen LogP contribution in [0.2, 0.25) is 0 Å². The predicted molar refractivity (Wildman–Crippen MR) is 132 cm³/mol. The van der Waals surface area contributed by atoms with Gasteiger partial charge in [0.1, 0.15) is 0 Å². The van der Waals surface area contributed by atoms with E-state index in [1.165, 1.54) is 6.07 Å². The van der Waals surface area contributed by atoms with Crippen molar-refractivity contribution in [1.29, 1.82) is 0 Å². The van der Waals surface area contributed by atoms with E-state index in [-0.39, 0.29) is 64.3 Å². The van der Waals surface area contributed by atoms with E-state index in [1.807, 2.05) is 4.90 Å². The lowest BCUT2D eigenvalue weighted by molar-refractivity contribution is 0.123. The summed E-state index contributed by atoms with van der Waals surface area (Å²) in [6, 6.07) is 3.03. The molecule has 190 valence electrons. The maximum atomic E-state index is 13.7. The van der Waals surface area contributed by atoms with Gasteiger partial charge in [-0.3, -0.25) is 28.5 Å². The van der Waals surface area contributed by atoms with Gasteiger partial charge in [0.05, 0.1) is 80.0 Å². The highest BCUT2D eigenvalue weighted by Crippen LogP contribution is 2.41. The van der Waals surface area contributed by atoms with Crippen LogP contribution in [0, 0.1) is 0 Å². The van der Waals surface area contributed by atoms with Crippen LogP contribution in [0.3, 0.4) is 0 Å². The second-order valence-electron chi connectivity index (χ2n) is 8.58. The number of benzene rings is 2. The third-order valence-corrected chi connectivity index (χ3v) is 6.63. The van der Waals surface area contributed by atoms with Crippen LogP contribution in [-0.4, -0.2) is 82.2 Å². The molecule has 2 aliphatic heterocycles. The van der Waals surface area contributed by atoms with Gasteiger partial charge in [-0.25, -0.2) is 0 Å². The Morgan fingerprint density at radius 2 is 1.50 bits per heavy atom. The van der Waals surface area contributed by atoms with Crippen LogP contribution in [-0.2, 0) is 17.8 Å². The van der Waals surface area contributed by atoms with Crippen molar-refractivity contribution in [2.75, 3.05) is 57.6 Å². The van der Waals surface area contributed by atoms with Gasteiger partial charge in [0, 0.05) is 29.4 Å². The quantitative estimate of drug-likeness (QED) is 0.212. The summed E-state index contributed by atoms with van der Waals surface area (Å²) in [4.78, 5) is 46.8. The van der Waals surface area contributed by atoms with E-state index in [2.05, 4.69) is 4.99 Å². The Morgan fingerprint density at radius 3 is 2.17 bits per heavy atom. The number of anilines is 1. The number of nitrogens with zero attached hydrogens (tertiary/aromatic N) is 4. The van der Waals surface area contributed by atoms with Crippen molar-refractivity contribution in [3.8, 4) is 17.0 Å². The Balaban J connectivity index is 2.09. The van der Waals surface area contributed by atoms with Gasteiger partial charge in [-0.15, -0.1) is 0 Å². The van der Waals surface area contributed by atoms with Crippen molar-refractivity contribution in [3.63, 3.8) is 0 Å². The summed E-state index contributed by atoms with van der Waals surface area (Å²) >= 11 is 0. The van der Waals surface area contributed by atoms with E-state index in [0.29, 0.717) is 32.0 Å². The molecule has 0 radical (unpaired) electrons. The molecule has 0 amide bonds. The van der Waals surface area contributed by atoms with Crippen molar-refractivity contribution in [2.24, 2.45) is 4.99 Å². The van der Waals surface area contributed by atoms with Crippen molar-refractivity contribution < 1.29 is 25.2 Å². The van der Waals surface area contributed by atoms with E-state index >= 15 is 0 Å². The number of hydrogen-bond donors (Lipinski definition) is 4. The average Bonchev–Trinajstić information content (AvgIpc) is 2.89. The fourth-order valence-corrected chi connectivity index (χ4v) is 5.09. The zero-order chi connectivity index (χ0) is 25.6. The van der Waals surface area contributed by atoms with Gasteiger partial charge in [0.15, 0.2) is 0 Å². The Hall–Kier alpha value is -3.58. The number of aliphatic hydroxyl groups is 3. The van der Waals surface area contributed by atoms with E-state index in [4.69, 9.17) is 4.74 Å². The molecular weight excluding hydrogens is 472 g/mol. The van der Waals surface area contributed by atoms with Crippen molar-refractivity contribution in [2.45, 2.75) is 13.1 Å². The number of aromatic nitrogens is 2. The van der Waals surface area contributed by atoms with Crippen LogP contribution in [0.15, 0.2) is 31.5 Å². The van der Waals surface area contributed by atoms with Gasteiger partial charge in [0.25, 0.3) is 16.7 Å². The third kappa shape index (κ3) is 3.53. The van der Waals surface area contributed by atoms with Gasteiger partial charge < -0.3 is 30.1 Å². The molecular formula is C24H26N4O8. The van der Waals surface area contributed by atoms with Crippen LogP contribution >= 0.6 is 0 Å². The number of ether oxygens (including phenoxy) is 1.